The number of anilines is 1. The first-order chi connectivity index (χ1) is 8.70. The highest BCUT2D eigenvalue weighted by molar-refractivity contribution is 5.95. The van der Waals surface area contributed by atoms with Crippen LogP contribution in [-0.2, 0) is 6.42 Å². The summed E-state index contributed by atoms with van der Waals surface area (Å²) in [7, 11) is 0. The predicted octanol–water partition coefficient (Wildman–Crippen LogP) is 1.31. The summed E-state index contributed by atoms with van der Waals surface area (Å²) >= 11 is 0. The minimum absolute atomic E-state index is 0.0107. The zero-order valence-electron chi connectivity index (χ0n) is 10.8. The molecule has 0 atom stereocenters. The third-order valence-electron chi connectivity index (χ3n) is 3.46. The molecule has 0 unspecified atom stereocenters. The normalized spacial score (nSPS) is 16.5. The fourth-order valence-electron chi connectivity index (χ4n) is 2.29. The van der Waals surface area contributed by atoms with Gasteiger partial charge in [0.2, 0.25) is 0 Å². The van der Waals surface area contributed by atoms with Crippen molar-refractivity contribution in [1.29, 1.82) is 0 Å². The van der Waals surface area contributed by atoms with Gasteiger partial charge in [0.05, 0.1) is 0 Å². The number of hydrogen-bond acceptors (Lipinski definition) is 3. The van der Waals surface area contributed by atoms with Gasteiger partial charge in [-0.1, -0.05) is 6.92 Å². The second-order valence-corrected chi connectivity index (χ2v) is 4.76. The molecule has 0 spiro atoms. The van der Waals surface area contributed by atoms with Gasteiger partial charge >= 0.3 is 0 Å². The molecule has 1 aromatic carbocycles. The van der Waals surface area contributed by atoms with E-state index in [4.69, 9.17) is 5.73 Å². The summed E-state index contributed by atoms with van der Waals surface area (Å²) in [4.78, 5) is 12.1. The molecule has 1 saturated heterocycles. The second kappa shape index (κ2) is 5.87. The minimum Gasteiger partial charge on any atom is -0.399 e. The van der Waals surface area contributed by atoms with E-state index < -0.39 is 0 Å². The van der Waals surface area contributed by atoms with Crippen LogP contribution in [0.5, 0.6) is 0 Å². The van der Waals surface area contributed by atoms with E-state index in [1.807, 2.05) is 19.1 Å². The van der Waals surface area contributed by atoms with E-state index >= 15 is 0 Å². The maximum atomic E-state index is 12.1. The first kappa shape index (κ1) is 12.9. The van der Waals surface area contributed by atoms with E-state index in [-0.39, 0.29) is 5.91 Å². The lowest BCUT2D eigenvalue weighted by Crippen LogP contribution is -2.42. The Bertz CT molecular complexity index is 425. The van der Waals surface area contributed by atoms with Crippen molar-refractivity contribution in [3.05, 3.63) is 29.3 Å². The van der Waals surface area contributed by atoms with Crippen molar-refractivity contribution in [3.63, 3.8) is 0 Å². The Kier molecular flexibility index (Phi) is 4.20. The van der Waals surface area contributed by atoms with Crippen LogP contribution in [0.15, 0.2) is 18.2 Å². The van der Waals surface area contributed by atoms with Crippen LogP contribution in [0, 0.1) is 0 Å². The topological polar surface area (TPSA) is 67.2 Å². The van der Waals surface area contributed by atoms with Gasteiger partial charge in [-0.05, 0) is 56.1 Å². The highest BCUT2D eigenvalue weighted by Crippen LogP contribution is 2.15. The van der Waals surface area contributed by atoms with Gasteiger partial charge in [-0.3, -0.25) is 4.79 Å². The molecule has 1 aromatic rings. The smallest absolute Gasteiger partial charge is 0.251 e. The Morgan fingerprint density at radius 3 is 2.83 bits per heavy atom. The van der Waals surface area contributed by atoms with Gasteiger partial charge < -0.3 is 16.4 Å². The van der Waals surface area contributed by atoms with Gasteiger partial charge in [-0.2, -0.15) is 0 Å². The standard InChI is InChI=1S/C14H21N3O/c1-2-10-9-11(3-4-13(10)15)14(18)17-12-5-7-16-8-6-12/h3-4,9,12,16H,2,5-8,15H2,1H3,(H,17,18). The van der Waals surface area contributed by atoms with Crippen LogP contribution >= 0.6 is 0 Å². The van der Waals surface area contributed by atoms with E-state index in [1.165, 1.54) is 0 Å². The van der Waals surface area contributed by atoms with Gasteiger partial charge in [-0.15, -0.1) is 0 Å². The van der Waals surface area contributed by atoms with Gasteiger partial charge in [0.15, 0.2) is 0 Å². The zero-order chi connectivity index (χ0) is 13.0. The molecule has 0 aromatic heterocycles. The molecule has 0 saturated carbocycles. The van der Waals surface area contributed by atoms with Crippen molar-refractivity contribution in [2.75, 3.05) is 18.8 Å². The van der Waals surface area contributed by atoms with E-state index in [1.54, 1.807) is 6.07 Å². The first-order valence-electron chi connectivity index (χ1n) is 6.60. The SMILES string of the molecule is CCc1cc(C(=O)NC2CCNCC2)ccc1N. The van der Waals surface area contributed by atoms with Crippen LogP contribution in [0.1, 0.15) is 35.7 Å². The third kappa shape index (κ3) is 3.01. The molecule has 1 aliphatic heterocycles. The predicted molar refractivity (Wildman–Crippen MR) is 73.6 cm³/mol. The average Bonchev–Trinajstić information content (AvgIpc) is 2.40. The molecule has 0 bridgehead atoms. The van der Waals surface area contributed by atoms with Crippen molar-refractivity contribution >= 4 is 11.6 Å². The molecule has 4 N–H and O–H groups in total. The number of carbonyl (C=O) groups is 1. The highest BCUT2D eigenvalue weighted by atomic mass is 16.1. The van der Waals surface area contributed by atoms with Crippen molar-refractivity contribution < 1.29 is 4.79 Å². The van der Waals surface area contributed by atoms with Crippen LogP contribution < -0.4 is 16.4 Å². The quantitative estimate of drug-likeness (QED) is 0.706. The number of carbonyl (C=O) groups excluding carboxylic acids is 1. The molecule has 0 aliphatic carbocycles. The fourth-order valence-corrected chi connectivity index (χ4v) is 2.29. The second-order valence-electron chi connectivity index (χ2n) is 4.76. The first-order valence-corrected chi connectivity index (χ1v) is 6.60. The van der Waals surface area contributed by atoms with Crippen molar-refractivity contribution in [2.24, 2.45) is 0 Å². The number of nitrogens with two attached hydrogens (primary N) is 1. The monoisotopic (exact) mass is 247 g/mol. The number of hydrogen-bond donors (Lipinski definition) is 3. The number of amides is 1. The molecule has 1 fully saturated rings. The molecule has 2 rings (SSSR count). The number of piperidine rings is 1. The Morgan fingerprint density at radius 1 is 1.44 bits per heavy atom. The molecule has 1 heterocycles. The summed E-state index contributed by atoms with van der Waals surface area (Å²) in [6.45, 7) is 4.00. The molecule has 4 nitrogen and oxygen atoms in total. The van der Waals surface area contributed by atoms with E-state index in [0.717, 1.165) is 43.6 Å². The average molecular weight is 247 g/mol. The Balaban J connectivity index is 2.03. The van der Waals surface area contributed by atoms with Crippen LogP contribution in [0.2, 0.25) is 0 Å². The zero-order valence-corrected chi connectivity index (χ0v) is 10.8. The molecule has 0 radical (unpaired) electrons. The van der Waals surface area contributed by atoms with Crippen LogP contribution in [-0.4, -0.2) is 25.0 Å². The van der Waals surface area contributed by atoms with Crippen LogP contribution in [0.3, 0.4) is 0 Å². The minimum atomic E-state index is 0.0107. The van der Waals surface area contributed by atoms with Gasteiger partial charge in [0.1, 0.15) is 0 Å². The number of nitrogens with one attached hydrogen (secondary N) is 2. The molecule has 98 valence electrons. The molecule has 1 amide bonds. The number of aryl methyl sites for hydroxylation is 1. The molecule has 4 heteroatoms. The largest absolute Gasteiger partial charge is 0.399 e. The summed E-state index contributed by atoms with van der Waals surface area (Å²) < 4.78 is 0. The summed E-state index contributed by atoms with van der Waals surface area (Å²) in [5, 5.41) is 6.37. The van der Waals surface area contributed by atoms with E-state index in [0.29, 0.717) is 11.6 Å². The number of nitrogen functional groups attached to an aromatic ring is 1. The van der Waals surface area contributed by atoms with Crippen molar-refractivity contribution in [3.8, 4) is 0 Å². The summed E-state index contributed by atoms with van der Waals surface area (Å²) in [6.07, 6.45) is 2.85. The lowest BCUT2D eigenvalue weighted by molar-refractivity contribution is 0.0929. The summed E-state index contributed by atoms with van der Waals surface area (Å²) in [5.74, 6) is 0.0107. The number of benzene rings is 1. The van der Waals surface area contributed by atoms with Crippen molar-refractivity contribution in [1.82, 2.24) is 10.6 Å². The fraction of sp³-hybridized carbons (Fsp3) is 0.500. The summed E-state index contributed by atoms with van der Waals surface area (Å²) in [6, 6.07) is 5.80. The van der Waals surface area contributed by atoms with Gasteiger partial charge in [0.25, 0.3) is 5.91 Å². The molecule has 1 aliphatic rings. The Morgan fingerprint density at radius 2 is 2.17 bits per heavy atom. The van der Waals surface area contributed by atoms with Crippen LogP contribution in [0.4, 0.5) is 5.69 Å². The van der Waals surface area contributed by atoms with Crippen LogP contribution in [0.25, 0.3) is 0 Å². The molecular weight excluding hydrogens is 226 g/mol. The molecular formula is C14H21N3O. The summed E-state index contributed by atoms with van der Waals surface area (Å²) in [5.41, 5.74) is 8.35. The lowest BCUT2D eigenvalue weighted by Gasteiger charge is -2.23. The van der Waals surface area contributed by atoms with Crippen molar-refractivity contribution in [2.45, 2.75) is 32.2 Å². The lowest BCUT2D eigenvalue weighted by atomic mass is 10.0. The maximum Gasteiger partial charge on any atom is 0.251 e. The Hall–Kier alpha value is -1.55. The van der Waals surface area contributed by atoms with Gasteiger partial charge in [-0.25, -0.2) is 0 Å². The Labute approximate surface area is 108 Å². The number of rotatable bonds is 3. The third-order valence-corrected chi connectivity index (χ3v) is 3.46. The maximum absolute atomic E-state index is 12.1. The van der Waals surface area contributed by atoms with E-state index in [9.17, 15) is 4.79 Å². The van der Waals surface area contributed by atoms with Gasteiger partial charge in [0, 0.05) is 17.3 Å². The molecule has 18 heavy (non-hydrogen) atoms. The van der Waals surface area contributed by atoms with E-state index in [2.05, 4.69) is 10.6 Å². The highest BCUT2D eigenvalue weighted by Gasteiger charge is 2.16.